The molecule has 3 aromatic rings. The van der Waals surface area contributed by atoms with Crippen LogP contribution in [0.3, 0.4) is 0 Å². The first-order chi connectivity index (χ1) is 28.9. The molecule has 0 spiro atoms. The Bertz CT molecular complexity index is 1970. The number of hydrogen-bond donors (Lipinski definition) is 8. The Morgan fingerprint density at radius 1 is 0.817 bits per heavy atom. The number of carboxylic acid groups (broad SMARTS) is 1. The van der Waals surface area contributed by atoms with Crippen molar-refractivity contribution < 1.29 is 58.6 Å². The van der Waals surface area contributed by atoms with Gasteiger partial charge in [0.15, 0.2) is 5.78 Å². The van der Waals surface area contributed by atoms with Crippen molar-refractivity contribution in [3.05, 3.63) is 117 Å². The summed E-state index contributed by atoms with van der Waals surface area (Å²) in [5.41, 5.74) is 10.3. The number of nitrogens with zero attached hydrogens (tertiary/aromatic N) is 3. The van der Waals surface area contributed by atoms with Crippen molar-refractivity contribution in [2.75, 3.05) is 50.9 Å². The maximum Gasteiger partial charge on any atom is 0.371 e. The van der Waals surface area contributed by atoms with Crippen molar-refractivity contribution in [1.29, 1.82) is 0 Å². The molecule has 1 aliphatic rings. The first-order valence-corrected chi connectivity index (χ1v) is 20.9. The van der Waals surface area contributed by atoms with E-state index < -0.39 is 54.2 Å². The average Bonchev–Trinajstić information content (AvgIpc) is 3.25. The minimum absolute atomic E-state index is 0.0341. The highest BCUT2D eigenvalue weighted by Gasteiger charge is 2.46. The van der Waals surface area contributed by atoms with Gasteiger partial charge >= 0.3 is 5.97 Å². The normalized spacial score (nSPS) is 18.7. The zero-order valence-electron chi connectivity index (χ0n) is 32.0. The molecule has 4 rings (SSSR count). The SMILES string of the molecule is [N-]=[N+]=NCC(=O)NCCOCCNC(=O)CSSCC(=O)NC[C@H]1O[C@@H](O/C(=C\c2ccc(O)cc2)C(=O)O)[C@H](NCc2ccc(C(=O)c3ccccc3)cc2)[C@@H](O)[C@H]1O. The third-order valence-corrected chi connectivity index (χ3v) is 10.7. The summed E-state index contributed by atoms with van der Waals surface area (Å²) in [4.78, 5) is 63.8. The highest BCUT2D eigenvalue weighted by Crippen LogP contribution is 2.26. The van der Waals surface area contributed by atoms with Crippen LogP contribution in [0.25, 0.3) is 16.5 Å². The summed E-state index contributed by atoms with van der Waals surface area (Å²) in [6.07, 6.45) is -4.66. The lowest BCUT2D eigenvalue weighted by molar-refractivity contribution is -0.252. The molecule has 0 saturated carbocycles. The Morgan fingerprint density at radius 2 is 1.43 bits per heavy atom. The minimum Gasteiger partial charge on any atom is -0.508 e. The number of amides is 3. The molecule has 0 aliphatic carbocycles. The maximum absolute atomic E-state index is 12.9. The van der Waals surface area contributed by atoms with Crippen LogP contribution in [0, 0.1) is 0 Å². The summed E-state index contributed by atoms with van der Waals surface area (Å²) in [5.74, 6) is -3.46. The minimum atomic E-state index is -1.57. The van der Waals surface area contributed by atoms with Gasteiger partial charge in [0.2, 0.25) is 29.8 Å². The van der Waals surface area contributed by atoms with Crippen molar-refractivity contribution in [2.24, 2.45) is 5.11 Å². The number of nitrogens with one attached hydrogen (secondary N) is 4. The number of carboxylic acids is 1. The maximum atomic E-state index is 12.9. The second kappa shape index (κ2) is 25.1. The second-order valence-corrected chi connectivity index (χ2v) is 15.3. The molecule has 0 bridgehead atoms. The Balaban J connectivity index is 1.28. The molecule has 1 aliphatic heterocycles. The van der Waals surface area contributed by atoms with Crippen molar-refractivity contribution >= 4 is 57.1 Å². The Hall–Kier alpha value is -5.64. The average molecular weight is 868 g/mol. The van der Waals surface area contributed by atoms with E-state index in [1.54, 1.807) is 48.5 Å². The number of aliphatic carboxylic acids is 1. The van der Waals surface area contributed by atoms with Gasteiger partial charge in [-0.1, -0.05) is 93.4 Å². The van der Waals surface area contributed by atoms with E-state index in [-0.39, 0.29) is 74.9 Å². The number of ether oxygens (including phenoxy) is 3. The third kappa shape index (κ3) is 15.8. The number of ketones is 1. The van der Waals surface area contributed by atoms with E-state index in [1.165, 1.54) is 30.3 Å². The van der Waals surface area contributed by atoms with Crippen molar-refractivity contribution in [2.45, 2.75) is 37.2 Å². The molecular weight excluding hydrogens is 823 g/mol. The van der Waals surface area contributed by atoms with E-state index in [1.807, 2.05) is 6.07 Å². The number of benzene rings is 3. The van der Waals surface area contributed by atoms with E-state index in [4.69, 9.17) is 19.7 Å². The molecule has 1 fully saturated rings. The monoisotopic (exact) mass is 867 g/mol. The van der Waals surface area contributed by atoms with Gasteiger partial charge in [0.25, 0.3) is 0 Å². The van der Waals surface area contributed by atoms with Crippen LogP contribution < -0.4 is 21.3 Å². The number of rotatable bonds is 24. The summed E-state index contributed by atoms with van der Waals surface area (Å²) in [7, 11) is 2.23. The molecule has 3 aromatic carbocycles. The van der Waals surface area contributed by atoms with Crippen LogP contribution in [0.15, 0.2) is 89.7 Å². The van der Waals surface area contributed by atoms with E-state index >= 15 is 0 Å². The number of carbonyl (C=O) groups excluding carboxylic acids is 4. The van der Waals surface area contributed by atoms with Gasteiger partial charge in [0.05, 0.1) is 30.8 Å². The zero-order valence-corrected chi connectivity index (χ0v) is 33.7. The number of phenols is 1. The summed E-state index contributed by atoms with van der Waals surface area (Å²) < 4.78 is 17.1. The van der Waals surface area contributed by atoms with Gasteiger partial charge in [0, 0.05) is 42.2 Å². The van der Waals surface area contributed by atoms with Gasteiger partial charge in [-0.15, -0.1) is 0 Å². The van der Waals surface area contributed by atoms with Gasteiger partial charge in [-0.25, -0.2) is 4.79 Å². The summed E-state index contributed by atoms with van der Waals surface area (Å²) >= 11 is 0. The fourth-order valence-electron chi connectivity index (χ4n) is 5.46. The predicted octanol–water partition coefficient (Wildman–Crippen LogP) is 1.73. The molecule has 3 amide bonds. The molecule has 0 unspecified atom stereocenters. The van der Waals surface area contributed by atoms with Crippen LogP contribution in [0.4, 0.5) is 0 Å². The van der Waals surface area contributed by atoms with Gasteiger partial charge < -0.3 is 55.9 Å². The van der Waals surface area contributed by atoms with Crippen LogP contribution in [0.5, 0.6) is 5.75 Å². The van der Waals surface area contributed by atoms with Crippen LogP contribution in [-0.4, -0.2) is 131 Å². The molecule has 19 nitrogen and oxygen atoms in total. The molecule has 21 heteroatoms. The van der Waals surface area contributed by atoms with E-state index in [0.717, 1.165) is 21.6 Å². The number of aliphatic hydroxyl groups excluding tert-OH is 2. The lowest BCUT2D eigenvalue weighted by Crippen LogP contribution is -2.64. The smallest absolute Gasteiger partial charge is 0.371 e. The number of azide groups is 1. The molecule has 320 valence electrons. The van der Waals surface area contributed by atoms with Crippen LogP contribution >= 0.6 is 21.6 Å². The number of aliphatic hydroxyl groups is 2. The first-order valence-electron chi connectivity index (χ1n) is 18.4. The molecule has 0 aromatic heterocycles. The van der Waals surface area contributed by atoms with Crippen LogP contribution in [0.2, 0.25) is 0 Å². The van der Waals surface area contributed by atoms with Gasteiger partial charge in [-0.3, -0.25) is 19.2 Å². The summed E-state index contributed by atoms with van der Waals surface area (Å²) in [5, 5.41) is 56.1. The molecule has 1 heterocycles. The van der Waals surface area contributed by atoms with Crippen LogP contribution in [0.1, 0.15) is 27.0 Å². The Kier molecular flexibility index (Phi) is 19.7. The van der Waals surface area contributed by atoms with Crippen molar-refractivity contribution in [3.63, 3.8) is 0 Å². The number of carbonyl (C=O) groups is 5. The van der Waals surface area contributed by atoms with E-state index in [0.29, 0.717) is 22.3 Å². The Morgan fingerprint density at radius 3 is 2.07 bits per heavy atom. The fraction of sp³-hybridized carbons (Fsp3) is 0.359. The van der Waals surface area contributed by atoms with Gasteiger partial charge in [0.1, 0.15) is 30.6 Å². The summed E-state index contributed by atoms with van der Waals surface area (Å²) in [6, 6.07) is 20.0. The van der Waals surface area contributed by atoms with Gasteiger partial charge in [-0.2, -0.15) is 0 Å². The highest BCUT2D eigenvalue weighted by molar-refractivity contribution is 8.77. The van der Waals surface area contributed by atoms with Crippen molar-refractivity contribution in [3.8, 4) is 5.75 Å². The van der Waals surface area contributed by atoms with Gasteiger partial charge in [-0.05, 0) is 34.9 Å². The first kappa shape index (κ1) is 47.0. The van der Waals surface area contributed by atoms with E-state index in [9.17, 15) is 44.4 Å². The lowest BCUT2D eigenvalue weighted by atomic mass is 9.96. The fourth-order valence-corrected chi connectivity index (χ4v) is 7.19. The molecule has 5 atom stereocenters. The molecule has 0 radical (unpaired) electrons. The number of aromatic hydroxyl groups is 1. The third-order valence-electron chi connectivity index (χ3n) is 8.52. The lowest BCUT2D eigenvalue weighted by Gasteiger charge is -2.43. The Labute approximate surface area is 352 Å². The molecule has 60 heavy (non-hydrogen) atoms. The molecular formula is C39H45N7O12S2. The van der Waals surface area contributed by atoms with Crippen LogP contribution in [-0.2, 0) is 39.9 Å². The number of phenolic OH excluding ortho intramolecular Hbond substituents is 1. The standard InChI is InChI=1S/C39H45N7O12S2/c40-46-45-21-31(48)41-14-16-56-17-15-42-32(49)22-59-60-23-33(50)43-20-30-36(52)37(53)34(39(58-30)57-29(38(54)55)18-24-8-12-28(47)13-9-24)44-19-25-6-10-27(11-7-25)35(51)26-4-2-1-3-5-26/h1-13,18,30,34,36-37,39,44,47,52-53H,14-17,19-23H2,(H,41,48)(H,42,49)(H,43,50)(H,54,55)/b29-18-/t30-,34-,36+,37-,39-/m1/s1. The van der Waals surface area contributed by atoms with E-state index in [2.05, 4.69) is 31.3 Å². The highest BCUT2D eigenvalue weighted by atomic mass is 33.1. The quantitative estimate of drug-likeness (QED) is 0.00930. The largest absolute Gasteiger partial charge is 0.508 e. The molecule has 1 saturated heterocycles. The molecule has 8 N–H and O–H groups in total. The topological polar surface area (TPSA) is 291 Å². The zero-order chi connectivity index (χ0) is 43.3. The van der Waals surface area contributed by atoms with Crippen molar-refractivity contribution in [1.82, 2.24) is 21.3 Å². The number of hydrogen-bond acceptors (Lipinski definition) is 15. The predicted molar refractivity (Wildman–Crippen MR) is 221 cm³/mol. The summed E-state index contributed by atoms with van der Waals surface area (Å²) in [6.45, 7) is 0.328. The second-order valence-electron chi connectivity index (χ2n) is 12.9.